The molecule has 20 heavy (non-hydrogen) atoms. The molecule has 0 bridgehead atoms. The summed E-state index contributed by atoms with van der Waals surface area (Å²) in [7, 11) is 2.11. The molecule has 0 atom stereocenters. The standard InChI is InChI=1S/C17H23N3/c1-5-18-17-8-6-7-15(19-17)12-20(4)16-10-13(2)9-14(3)11-16/h6-11H,5,12H2,1-4H3,(H,18,19). The fourth-order valence-electron chi connectivity index (χ4n) is 2.35. The highest BCUT2D eigenvalue weighted by Gasteiger charge is 2.05. The van der Waals surface area contributed by atoms with Gasteiger partial charge in [-0.2, -0.15) is 0 Å². The number of benzene rings is 1. The molecule has 1 aromatic heterocycles. The number of rotatable bonds is 5. The first-order valence-corrected chi connectivity index (χ1v) is 7.07. The van der Waals surface area contributed by atoms with Gasteiger partial charge in [0.2, 0.25) is 0 Å². The molecule has 1 aromatic carbocycles. The smallest absolute Gasteiger partial charge is 0.126 e. The van der Waals surface area contributed by atoms with Crippen LogP contribution in [0.1, 0.15) is 23.7 Å². The summed E-state index contributed by atoms with van der Waals surface area (Å²) in [5, 5.41) is 3.25. The number of pyridine rings is 1. The topological polar surface area (TPSA) is 28.2 Å². The largest absolute Gasteiger partial charge is 0.370 e. The van der Waals surface area contributed by atoms with Gasteiger partial charge in [-0.05, 0) is 56.2 Å². The van der Waals surface area contributed by atoms with E-state index in [9.17, 15) is 0 Å². The quantitative estimate of drug-likeness (QED) is 0.895. The highest BCUT2D eigenvalue weighted by atomic mass is 15.1. The Balaban J connectivity index is 2.14. The van der Waals surface area contributed by atoms with Crippen molar-refractivity contribution in [1.82, 2.24) is 4.98 Å². The van der Waals surface area contributed by atoms with Gasteiger partial charge in [0.25, 0.3) is 0 Å². The number of hydrogen-bond acceptors (Lipinski definition) is 3. The van der Waals surface area contributed by atoms with Gasteiger partial charge in [0.1, 0.15) is 5.82 Å². The molecule has 0 saturated heterocycles. The summed E-state index contributed by atoms with van der Waals surface area (Å²) < 4.78 is 0. The summed E-state index contributed by atoms with van der Waals surface area (Å²) in [5.41, 5.74) is 4.89. The molecule has 1 heterocycles. The molecule has 0 amide bonds. The Kier molecular flexibility index (Phi) is 4.61. The number of aromatic nitrogens is 1. The summed E-state index contributed by atoms with van der Waals surface area (Å²) in [4.78, 5) is 6.85. The molecule has 3 nitrogen and oxygen atoms in total. The monoisotopic (exact) mass is 269 g/mol. The molecule has 2 aromatic rings. The first-order chi connectivity index (χ1) is 9.58. The Hall–Kier alpha value is -2.03. The average Bonchev–Trinajstić information content (AvgIpc) is 2.38. The Labute approximate surface area is 121 Å². The molecular weight excluding hydrogens is 246 g/mol. The second kappa shape index (κ2) is 6.42. The van der Waals surface area contributed by atoms with Crippen LogP contribution in [0.4, 0.5) is 11.5 Å². The molecule has 106 valence electrons. The van der Waals surface area contributed by atoms with E-state index in [4.69, 9.17) is 0 Å². The molecule has 3 heteroatoms. The maximum atomic E-state index is 4.62. The lowest BCUT2D eigenvalue weighted by Gasteiger charge is -2.20. The lowest BCUT2D eigenvalue weighted by molar-refractivity contribution is 0.883. The van der Waals surface area contributed by atoms with Crippen molar-refractivity contribution in [2.45, 2.75) is 27.3 Å². The van der Waals surface area contributed by atoms with Crippen molar-refractivity contribution in [3.05, 3.63) is 53.2 Å². The van der Waals surface area contributed by atoms with Crippen LogP contribution in [-0.4, -0.2) is 18.6 Å². The molecule has 0 fully saturated rings. The van der Waals surface area contributed by atoms with E-state index in [1.165, 1.54) is 16.8 Å². The minimum Gasteiger partial charge on any atom is -0.370 e. The van der Waals surface area contributed by atoms with Crippen LogP contribution in [0.5, 0.6) is 0 Å². The minimum absolute atomic E-state index is 0.808. The summed E-state index contributed by atoms with van der Waals surface area (Å²) in [5.74, 6) is 0.943. The van der Waals surface area contributed by atoms with E-state index in [1.807, 2.05) is 6.07 Å². The van der Waals surface area contributed by atoms with Crippen LogP contribution in [-0.2, 0) is 6.54 Å². The molecule has 0 aliphatic rings. The number of nitrogens with one attached hydrogen (secondary N) is 1. The Morgan fingerprint density at radius 1 is 1.10 bits per heavy atom. The van der Waals surface area contributed by atoms with Gasteiger partial charge in [-0.1, -0.05) is 12.1 Å². The van der Waals surface area contributed by atoms with Crippen molar-refractivity contribution in [2.75, 3.05) is 23.8 Å². The van der Waals surface area contributed by atoms with Gasteiger partial charge in [-0.15, -0.1) is 0 Å². The van der Waals surface area contributed by atoms with Crippen LogP contribution in [0.15, 0.2) is 36.4 Å². The van der Waals surface area contributed by atoms with Gasteiger partial charge in [-0.3, -0.25) is 0 Å². The predicted octanol–water partition coefficient (Wildman–Crippen LogP) is 3.77. The van der Waals surface area contributed by atoms with Gasteiger partial charge in [-0.25, -0.2) is 4.98 Å². The number of aryl methyl sites for hydroxylation is 2. The Morgan fingerprint density at radius 3 is 2.45 bits per heavy atom. The molecule has 0 unspecified atom stereocenters. The van der Waals surface area contributed by atoms with Gasteiger partial charge in [0, 0.05) is 19.3 Å². The van der Waals surface area contributed by atoms with E-state index in [1.54, 1.807) is 0 Å². The Morgan fingerprint density at radius 2 is 1.80 bits per heavy atom. The van der Waals surface area contributed by atoms with Gasteiger partial charge >= 0.3 is 0 Å². The third-order valence-electron chi connectivity index (χ3n) is 3.21. The maximum absolute atomic E-state index is 4.62. The molecule has 0 radical (unpaired) electrons. The highest BCUT2D eigenvalue weighted by molar-refractivity contribution is 5.50. The van der Waals surface area contributed by atoms with E-state index in [-0.39, 0.29) is 0 Å². The number of nitrogens with zero attached hydrogens (tertiary/aromatic N) is 2. The summed E-state index contributed by atoms with van der Waals surface area (Å²) in [6, 6.07) is 12.7. The van der Waals surface area contributed by atoms with E-state index in [2.05, 4.69) is 73.4 Å². The third kappa shape index (κ3) is 3.73. The van der Waals surface area contributed by atoms with Crippen LogP contribution >= 0.6 is 0 Å². The normalized spacial score (nSPS) is 10.4. The molecule has 0 aliphatic carbocycles. The lowest BCUT2D eigenvalue weighted by Crippen LogP contribution is -2.17. The van der Waals surface area contributed by atoms with Crippen molar-refractivity contribution in [3.8, 4) is 0 Å². The van der Waals surface area contributed by atoms with Gasteiger partial charge < -0.3 is 10.2 Å². The van der Waals surface area contributed by atoms with Crippen molar-refractivity contribution in [3.63, 3.8) is 0 Å². The zero-order valence-electron chi connectivity index (χ0n) is 12.8. The summed E-state index contributed by atoms with van der Waals surface area (Å²) >= 11 is 0. The Bertz CT molecular complexity index is 558. The molecule has 1 N–H and O–H groups in total. The predicted molar refractivity (Wildman–Crippen MR) is 86.4 cm³/mol. The van der Waals surface area contributed by atoms with E-state index >= 15 is 0 Å². The van der Waals surface area contributed by atoms with Crippen molar-refractivity contribution in [1.29, 1.82) is 0 Å². The third-order valence-corrected chi connectivity index (χ3v) is 3.21. The van der Waals surface area contributed by atoms with Crippen LogP contribution in [0.2, 0.25) is 0 Å². The lowest BCUT2D eigenvalue weighted by atomic mass is 10.1. The van der Waals surface area contributed by atoms with Crippen LogP contribution in [0.3, 0.4) is 0 Å². The SMILES string of the molecule is CCNc1cccc(CN(C)c2cc(C)cc(C)c2)n1. The zero-order chi connectivity index (χ0) is 14.5. The first kappa shape index (κ1) is 14.4. The van der Waals surface area contributed by atoms with Crippen LogP contribution in [0.25, 0.3) is 0 Å². The van der Waals surface area contributed by atoms with E-state index in [0.717, 1.165) is 24.6 Å². The maximum Gasteiger partial charge on any atom is 0.126 e. The van der Waals surface area contributed by atoms with Crippen LogP contribution < -0.4 is 10.2 Å². The summed E-state index contributed by atoms with van der Waals surface area (Å²) in [6.07, 6.45) is 0. The fraction of sp³-hybridized carbons (Fsp3) is 0.353. The zero-order valence-corrected chi connectivity index (χ0v) is 12.8. The van der Waals surface area contributed by atoms with Gasteiger partial charge in [0.05, 0.1) is 12.2 Å². The first-order valence-electron chi connectivity index (χ1n) is 7.07. The molecule has 2 rings (SSSR count). The van der Waals surface area contributed by atoms with Crippen molar-refractivity contribution < 1.29 is 0 Å². The minimum atomic E-state index is 0.808. The second-order valence-electron chi connectivity index (χ2n) is 5.25. The van der Waals surface area contributed by atoms with Gasteiger partial charge in [0.15, 0.2) is 0 Å². The molecule has 0 aliphatic heterocycles. The molecular formula is C17H23N3. The molecule has 0 saturated carbocycles. The number of anilines is 2. The van der Waals surface area contributed by atoms with Crippen molar-refractivity contribution in [2.24, 2.45) is 0 Å². The second-order valence-corrected chi connectivity index (χ2v) is 5.25. The van der Waals surface area contributed by atoms with Crippen LogP contribution in [0, 0.1) is 13.8 Å². The number of hydrogen-bond donors (Lipinski definition) is 1. The van der Waals surface area contributed by atoms with E-state index in [0.29, 0.717) is 0 Å². The summed E-state index contributed by atoms with van der Waals surface area (Å²) in [6.45, 7) is 8.05. The van der Waals surface area contributed by atoms with Crippen molar-refractivity contribution >= 4 is 11.5 Å². The highest BCUT2D eigenvalue weighted by Crippen LogP contribution is 2.19. The average molecular weight is 269 g/mol. The fourth-order valence-corrected chi connectivity index (χ4v) is 2.35. The van der Waals surface area contributed by atoms with E-state index < -0.39 is 0 Å². The molecule has 0 spiro atoms.